The van der Waals surface area contributed by atoms with Crippen molar-refractivity contribution in [3.63, 3.8) is 0 Å². The lowest BCUT2D eigenvalue weighted by atomic mass is 10.2. The Morgan fingerprint density at radius 3 is 2.89 bits per heavy atom. The van der Waals surface area contributed by atoms with E-state index in [2.05, 4.69) is 10.3 Å². The molecule has 0 radical (unpaired) electrons. The number of carbonyl (C=O) groups excluding carboxylic acids is 1. The summed E-state index contributed by atoms with van der Waals surface area (Å²) >= 11 is 0. The molecule has 0 saturated heterocycles. The van der Waals surface area contributed by atoms with Crippen LogP contribution in [0.3, 0.4) is 0 Å². The number of unbranched alkanes of at least 4 members (excludes halogenated alkanes) is 1. The van der Waals surface area contributed by atoms with Gasteiger partial charge in [0.2, 0.25) is 5.91 Å². The molecular weight excluding hydrogens is 232 g/mol. The number of aromatic nitrogens is 1. The predicted molar refractivity (Wildman–Crippen MR) is 67.8 cm³/mol. The van der Waals surface area contributed by atoms with Crippen molar-refractivity contribution in [2.24, 2.45) is 0 Å². The third-order valence-electron chi connectivity index (χ3n) is 2.23. The quantitative estimate of drug-likeness (QED) is 0.565. The monoisotopic (exact) mass is 248 g/mol. The van der Waals surface area contributed by atoms with Crippen molar-refractivity contribution in [2.45, 2.75) is 19.3 Å². The molecule has 96 valence electrons. The molecule has 0 aliphatic heterocycles. The van der Waals surface area contributed by atoms with Crippen LogP contribution in [0.25, 0.3) is 6.08 Å². The number of aliphatic carboxylic acids is 1. The Hall–Kier alpha value is -2.17. The van der Waals surface area contributed by atoms with Gasteiger partial charge in [0.25, 0.3) is 0 Å². The van der Waals surface area contributed by atoms with E-state index in [1.54, 1.807) is 24.5 Å². The fourth-order valence-electron chi connectivity index (χ4n) is 1.32. The highest BCUT2D eigenvalue weighted by Gasteiger charge is 1.98. The van der Waals surface area contributed by atoms with Crippen LogP contribution in [0.15, 0.2) is 30.6 Å². The van der Waals surface area contributed by atoms with Gasteiger partial charge in [-0.25, -0.2) is 0 Å². The summed E-state index contributed by atoms with van der Waals surface area (Å²) in [6.45, 7) is 0.490. The van der Waals surface area contributed by atoms with Gasteiger partial charge in [-0.1, -0.05) is 6.07 Å². The highest BCUT2D eigenvalue weighted by Crippen LogP contribution is 1.98. The number of pyridine rings is 1. The maximum absolute atomic E-state index is 11.4. The number of amides is 1. The van der Waals surface area contributed by atoms with Gasteiger partial charge >= 0.3 is 5.97 Å². The van der Waals surface area contributed by atoms with Crippen molar-refractivity contribution in [3.05, 3.63) is 36.2 Å². The summed E-state index contributed by atoms with van der Waals surface area (Å²) in [7, 11) is 0. The number of nitrogens with one attached hydrogen (secondary N) is 1. The number of hydrogen-bond donors (Lipinski definition) is 2. The molecule has 1 rings (SSSR count). The third kappa shape index (κ3) is 6.42. The number of hydrogen-bond acceptors (Lipinski definition) is 3. The number of carboxylic acid groups (broad SMARTS) is 1. The molecule has 0 bridgehead atoms. The molecular formula is C13H16N2O3. The standard InChI is InChI=1S/C13H16N2O3/c16-12(15-9-2-1-5-13(17)18)7-6-11-4-3-8-14-10-11/h3-4,6-8,10H,1-2,5,9H2,(H,15,16)(H,17,18)/b7-6+. The molecule has 5 heteroatoms. The highest BCUT2D eigenvalue weighted by molar-refractivity contribution is 5.91. The predicted octanol–water partition coefficient (Wildman–Crippen LogP) is 1.47. The summed E-state index contributed by atoms with van der Waals surface area (Å²) in [6.07, 6.45) is 7.83. The summed E-state index contributed by atoms with van der Waals surface area (Å²) in [5.41, 5.74) is 0.860. The third-order valence-corrected chi connectivity index (χ3v) is 2.23. The Morgan fingerprint density at radius 2 is 2.22 bits per heavy atom. The van der Waals surface area contributed by atoms with Crippen LogP contribution in [-0.2, 0) is 9.59 Å². The lowest BCUT2D eigenvalue weighted by Crippen LogP contribution is -2.22. The molecule has 2 N–H and O–H groups in total. The minimum absolute atomic E-state index is 0.140. The fraction of sp³-hybridized carbons (Fsp3) is 0.308. The van der Waals surface area contributed by atoms with Crippen molar-refractivity contribution in [2.75, 3.05) is 6.54 Å². The zero-order valence-electron chi connectivity index (χ0n) is 10.0. The van der Waals surface area contributed by atoms with E-state index in [-0.39, 0.29) is 12.3 Å². The summed E-state index contributed by atoms with van der Waals surface area (Å²) in [5, 5.41) is 11.1. The van der Waals surface area contributed by atoms with Gasteiger partial charge in [-0.15, -0.1) is 0 Å². The second kappa shape index (κ2) is 8.00. The summed E-state index contributed by atoms with van der Waals surface area (Å²) < 4.78 is 0. The van der Waals surface area contributed by atoms with Crippen LogP contribution in [0, 0.1) is 0 Å². The Bertz CT molecular complexity index is 416. The normalized spacial score (nSPS) is 10.4. The van der Waals surface area contributed by atoms with Gasteiger partial charge in [-0.2, -0.15) is 0 Å². The molecule has 0 spiro atoms. The first-order valence-electron chi connectivity index (χ1n) is 5.76. The van der Waals surface area contributed by atoms with Gasteiger partial charge in [-0.3, -0.25) is 14.6 Å². The van der Waals surface area contributed by atoms with Gasteiger partial charge in [-0.05, 0) is 30.5 Å². The minimum atomic E-state index is -0.808. The van der Waals surface area contributed by atoms with Crippen LogP contribution in [0.5, 0.6) is 0 Å². The first kappa shape index (κ1) is 13.9. The highest BCUT2D eigenvalue weighted by atomic mass is 16.4. The molecule has 0 saturated carbocycles. The van der Waals surface area contributed by atoms with Gasteiger partial charge in [0, 0.05) is 31.4 Å². The van der Waals surface area contributed by atoms with E-state index >= 15 is 0 Å². The molecule has 0 aliphatic rings. The van der Waals surface area contributed by atoms with E-state index in [1.165, 1.54) is 6.08 Å². The first-order chi connectivity index (χ1) is 8.68. The number of carboxylic acids is 1. The maximum Gasteiger partial charge on any atom is 0.303 e. The van der Waals surface area contributed by atoms with Crippen molar-refractivity contribution in [1.29, 1.82) is 0 Å². The van der Waals surface area contributed by atoms with Crippen LogP contribution in [0.2, 0.25) is 0 Å². The van der Waals surface area contributed by atoms with E-state index in [0.717, 1.165) is 5.56 Å². The maximum atomic E-state index is 11.4. The average Bonchev–Trinajstić information content (AvgIpc) is 2.37. The second-order valence-electron chi connectivity index (χ2n) is 3.76. The number of nitrogens with zero attached hydrogens (tertiary/aromatic N) is 1. The van der Waals surface area contributed by atoms with Crippen LogP contribution in [0.1, 0.15) is 24.8 Å². The molecule has 1 heterocycles. The van der Waals surface area contributed by atoms with Gasteiger partial charge in [0.1, 0.15) is 0 Å². The van der Waals surface area contributed by atoms with Crippen LogP contribution >= 0.6 is 0 Å². The number of carbonyl (C=O) groups is 2. The topological polar surface area (TPSA) is 79.3 Å². The zero-order chi connectivity index (χ0) is 13.2. The molecule has 5 nitrogen and oxygen atoms in total. The summed E-state index contributed by atoms with van der Waals surface area (Å²) in [6, 6.07) is 3.65. The van der Waals surface area contributed by atoms with Crippen LogP contribution in [0.4, 0.5) is 0 Å². The van der Waals surface area contributed by atoms with E-state index in [4.69, 9.17) is 5.11 Å². The average molecular weight is 248 g/mol. The Balaban J connectivity index is 2.18. The lowest BCUT2D eigenvalue weighted by molar-refractivity contribution is -0.137. The SMILES string of the molecule is O=C(O)CCCCNC(=O)/C=C/c1cccnc1. The molecule has 0 atom stereocenters. The fourth-order valence-corrected chi connectivity index (χ4v) is 1.32. The van der Waals surface area contributed by atoms with Gasteiger partial charge in [0.15, 0.2) is 0 Å². The molecule has 18 heavy (non-hydrogen) atoms. The zero-order valence-corrected chi connectivity index (χ0v) is 10.0. The van der Waals surface area contributed by atoms with E-state index in [0.29, 0.717) is 19.4 Å². The van der Waals surface area contributed by atoms with Crippen LogP contribution in [-0.4, -0.2) is 28.5 Å². The Labute approximate surface area is 106 Å². The second-order valence-corrected chi connectivity index (χ2v) is 3.76. The van der Waals surface area contributed by atoms with Crippen molar-refractivity contribution >= 4 is 18.0 Å². The summed E-state index contributed by atoms with van der Waals surface area (Å²) in [4.78, 5) is 25.6. The lowest BCUT2D eigenvalue weighted by Gasteiger charge is -2.00. The van der Waals surface area contributed by atoms with E-state index in [9.17, 15) is 9.59 Å². The van der Waals surface area contributed by atoms with Crippen molar-refractivity contribution in [1.82, 2.24) is 10.3 Å². The van der Waals surface area contributed by atoms with Gasteiger partial charge < -0.3 is 10.4 Å². The molecule has 0 aromatic carbocycles. The Morgan fingerprint density at radius 1 is 1.39 bits per heavy atom. The summed E-state index contributed by atoms with van der Waals surface area (Å²) in [5.74, 6) is -0.994. The molecule has 0 fully saturated rings. The largest absolute Gasteiger partial charge is 0.481 e. The van der Waals surface area contributed by atoms with Crippen molar-refractivity contribution in [3.8, 4) is 0 Å². The van der Waals surface area contributed by atoms with Crippen LogP contribution < -0.4 is 5.32 Å². The molecule has 0 aliphatic carbocycles. The molecule has 1 amide bonds. The smallest absolute Gasteiger partial charge is 0.303 e. The minimum Gasteiger partial charge on any atom is -0.481 e. The van der Waals surface area contributed by atoms with Crippen molar-refractivity contribution < 1.29 is 14.7 Å². The number of rotatable bonds is 7. The molecule has 0 unspecified atom stereocenters. The molecule has 1 aromatic heterocycles. The van der Waals surface area contributed by atoms with E-state index in [1.807, 2.05) is 6.07 Å². The van der Waals surface area contributed by atoms with E-state index < -0.39 is 5.97 Å². The van der Waals surface area contributed by atoms with Gasteiger partial charge in [0.05, 0.1) is 0 Å². The first-order valence-corrected chi connectivity index (χ1v) is 5.76. The Kier molecular flexibility index (Phi) is 6.17. The molecule has 1 aromatic rings.